The second-order valence-electron chi connectivity index (χ2n) is 11.3. The van der Waals surface area contributed by atoms with Gasteiger partial charge in [0.05, 0.1) is 35.3 Å². The Balaban J connectivity index is 1.31. The number of carbonyl (C=O) groups excluding carboxylic acids is 4. The van der Waals surface area contributed by atoms with Crippen LogP contribution in [0.4, 0.5) is 11.4 Å². The number of hydrazine groups is 1. The number of benzene rings is 2. The molecule has 0 radical (unpaired) electrons. The first-order valence-electron chi connectivity index (χ1n) is 13.9. The van der Waals surface area contributed by atoms with Crippen molar-refractivity contribution in [1.82, 2.24) is 10.0 Å². The molecule has 0 spiro atoms. The number of fused-ring (bicyclic) bond motifs is 5. The first kappa shape index (κ1) is 25.7. The van der Waals surface area contributed by atoms with Crippen LogP contribution in [0.15, 0.2) is 83.6 Å². The van der Waals surface area contributed by atoms with E-state index in [4.69, 9.17) is 0 Å². The predicted molar refractivity (Wildman–Crippen MR) is 160 cm³/mol. The lowest BCUT2D eigenvalue weighted by atomic mass is 9.88. The number of nitrogens with zero attached hydrogens (tertiary/aromatic N) is 4. The van der Waals surface area contributed by atoms with Crippen LogP contribution in [0.25, 0.3) is 0 Å². The molecule has 2 aromatic carbocycles. The fourth-order valence-corrected chi connectivity index (χ4v) is 9.09. The lowest BCUT2D eigenvalue weighted by Gasteiger charge is -2.35. The van der Waals surface area contributed by atoms with Gasteiger partial charge in [0, 0.05) is 9.75 Å². The molecule has 210 valence electrons. The van der Waals surface area contributed by atoms with Crippen LogP contribution in [-0.4, -0.2) is 45.7 Å². The quantitative estimate of drug-likeness (QED) is 0.314. The molecule has 0 N–H and O–H groups in total. The molecule has 4 aliphatic heterocycles. The van der Waals surface area contributed by atoms with Crippen molar-refractivity contribution in [3.8, 4) is 0 Å². The van der Waals surface area contributed by atoms with E-state index in [2.05, 4.69) is 0 Å². The molecule has 8 rings (SSSR count). The Hall–Kier alpha value is -3.96. The van der Waals surface area contributed by atoms with E-state index in [1.54, 1.807) is 12.1 Å². The smallest absolute Gasteiger partial charge is 0.253 e. The highest BCUT2D eigenvalue weighted by Gasteiger charge is 2.74. The monoisotopic (exact) mass is 594 g/mol. The van der Waals surface area contributed by atoms with Gasteiger partial charge >= 0.3 is 0 Å². The lowest BCUT2D eigenvalue weighted by Crippen LogP contribution is -2.50. The highest BCUT2D eigenvalue weighted by Crippen LogP contribution is 2.60. The Kier molecular flexibility index (Phi) is 5.68. The molecule has 6 atom stereocenters. The third kappa shape index (κ3) is 3.40. The van der Waals surface area contributed by atoms with Crippen LogP contribution in [0.1, 0.15) is 33.0 Å². The largest absolute Gasteiger partial charge is 0.274 e. The van der Waals surface area contributed by atoms with Crippen molar-refractivity contribution in [2.75, 3.05) is 9.80 Å². The SMILES string of the molecule is Cc1cccc(N2C(=O)[C@H]3[C@@H](c4cccs4)N4[C@H]5C(=O)N(c6cccc(C)c6)C(=O)[C@H]5[C@@H](c5cccs5)N4[C@H]3C2=O)c1. The maximum absolute atomic E-state index is 14.4. The van der Waals surface area contributed by atoms with Crippen molar-refractivity contribution in [3.63, 3.8) is 0 Å². The normalized spacial score (nSPS) is 29.1. The van der Waals surface area contributed by atoms with Crippen LogP contribution in [0.5, 0.6) is 0 Å². The Labute approximate surface area is 250 Å². The van der Waals surface area contributed by atoms with E-state index in [0.717, 1.165) is 20.9 Å². The van der Waals surface area contributed by atoms with E-state index < -0.39 is 36.0 Å². The molecule has 4 saturated heterocycles. The molecule has 0 saturated carbocycles. The van der Waals surface area contributed by atoms with Gasteiger partial charge in [0.15, 0.2) is 0 Å². The Morgan fingerprint density at radius 2 is 0.952 bits per heavy atom. The molecule has 4 aliphatic rings. The average molecular weight is 595 g/mol. The summed E-state index contributed by atoms with van der Waals surface area (Å²) in [5.74, 6) is -2.66. The number of carbonyl (C=O) groups is 4. The minimum absolute atomic E-state index is 0.280. The highest BCUT2D eigenvalue weighted by atomic mass is 32.1. The van der Waals surface area contributed by atoms with E-state index in [0.29, 0.717) is 11.4 Å². The van der Waals surface area contributed by atoms with Gasteiger partial charge in [0.1, 0.15) is 12.1 Å². The third-order valence-electron chi connectivity index (χ3n) is 8.91. The van der Waals surface area contributed by atoms with E-state index in [1.165, 1.54) is 32.5 Å². The zero-order valence-electron chi connectivity index (χ0n) is 22.8. The Morgan fingerprint density at radius 3 is 1.31 bits per heavy atom. The van der Waals surface area contributed by atoms with Crippen LogP contribution >= 0.6 is 22.7 Å². The van der Waals surface area contributed by atoms with Crippen LogP contribution in [-0.2, 0) is 19.2 Å². The molecule has 2 aromatic heterocycles. The van der Waals surface area contributed by atoms with Gasteiger partial charge in [-0.05, 0) is 72.1 Å². The molecule has 0 aliphatic carbocycles. The van der Waals surface area contributed by atoms with Crippen molar-refractivity contribution in [2.45, 2.75) is 38.0 Å². The molecule has 4 aromatic rings. The molecule has 8 nitrogen and oxygen atoms in total. The first-order valence-corrected chi connectivity index (χ1v) is 15.6. The lowest BCUT2D eigenvalue weighted by molar-refractivity contribution is -0.135. The topological polar surface area (TPSA) is 81.2 Å². The molecule has 42 heavy (non-hydrogen) atoms. The molecule has 4 fully saturated rings. The minimum atomic E-state index is -0.837. The summed E-state index contributed by atoms with van der Waals surface area (Å²) < 4.78 is 0. The van der Waals surface area contributed by atoms with Crippen LogP contribution < -0.4 is 9.80 Å². The summed E-state index contributed by atoms with van der Waals surface area (Å²) in [7, 11) is 0. The number of hydrogen-bond acceptors (Lipinski definition) is 8. The van der Waals surface area contributed by atoms with Gasteiger partial charge in [0.25, 0.3) is 11.8 Å². The average Bonchev–Trinajstić information content (AvgIpc) is 3.79. The van der Waals surface area contributed by atoms with Crippen molar-refractivity contribution in [2.24, 2.45) is 11.8 Å². The molecule has 4 amide bonds. The summed E-state index contributed by atoms with van der Waals surface area (Å²) in [4.78, 5) is 61.7. The van der Waals surface area contributed by atoms with Crippen LogP contribution in [0, 0.1) is 25.7 Å². The summed E-state index contributed by atoms with van der Waals surface area (Å²) in [5.41, 5.74) is 2.98. The van der Waals surface area contributed by atoms with E-state index in [9.17, 15) is 19.2 Å². The minimum Gasteiger partial charge on any atom is -0.274 e. The molecule has 6 heterocycles. The highest BCUT2D eigenvalue weighted by molar-refractivity contribution is 7.10. The predicted octanol–water partition coefficient (Wildman–Crippen LogP) is 4.87. The van der Waals surface area contributed by atoms with Crippen molar-refractivity contribution in [1.29, 1.82) is 0 Å². The number of hydrogen-bond donors (Lipinski definition) is 0. The Bertz CT molecular complexity index is 1640. The number of rotatable bonds is 4. The third-order valence-corrected chi connectivity index (χ3v) is 10.8. The summed E-state index contributed by atoms with van der Waals surface area (Å²) in [5, 5.41) is 7.74. The number of anilines is 2. The molecular weight excluding hydrogens is 569 g/mol. The van der Waals surface area contributed by atoms with E-state index in [-0.39, 0.29) is 23.6 Å². The van der Waals surface area contributed by atoms with Crippen LogP contribution in [0.2, 0.25) is 0 Å². The number of imide groups is 2. The summed E-state index contributed by atoms with van der Waals surface area (Å²) in [6.45, 7) is 3.86. The second-order valence-corrected chi connectivity index (χ2v) is 13.3. The number of amides is 4. The van der Waals surface area contributed by atoms with Crippen LogP contribution in [0.3, 0.4) is 0 Å². The fourth-order valence-electron chi connectivity index (χ4n) is 7.35. The van der Waals surface area contributed by atoms with E-state index >= 15 is 0 Å². The summed E-state index contributed by atoms with van der Waals surface area (Å²) >= 11 is 2.99. The second kappa shape index (κ2) is 9.27. The van der Waals surface area contributed by atoms with Crippen molar-refractivity contribution < 1.29 is 19.2 Å². The van der Waals surface area contributed by atoms with Gasteiger partial charge in [-0.2, -0.15) is 0 Å². The standard InChI is InChI=1S/C32H26N4O4S2/c1-17-7-3-9-19(15-17)33-29(37)23-25(21-11-5-13-41-21)36-28-24(26(22-12-6-14-42-22)35(36)27(23)31(33)39)30(38)34(32(28)40)20-10-4-8-18(2)16-20/h3-16,23-28H,1-2H3/t23-,24-,25+,26+,27+,28+/m0/s1. The molecular formula is C32H26N4O4S2. The van der Waals surface area contributed by atoms with E-state index in [1.807, 2.05) is 95.3 Å². The van der Waals surface area contributed by atoms with Gasteiger partial charge in [-0.25, -0.2) is 19.8 Å². The zero-order valence-corrected chi connectivity index (χ0v) is 24.4. The molecule has 0 unspecified atom stereocenters. The van der Waals surface area contributed by atoms with Gasteiger partial charge in [-0.15, -0.1) is 22.7 Å². The summed E-state index contributed by atoms with van der Waals surface area (Å²) in [6.07, 6.45) is 0. The fraction of sp³-hybridized carbons (Fsp3) is 0.250. The Morgan fingerprint density at radius 1 is 0.524 bits per heavy atom. The van der Waals surface area contributed by atoms with Crippen molar-refractivity contribution in [3.05, 3.63) is 104 Å². The zero-order chi connectivity index (χ0) is 28.9. The van der Waals surface area contributed by atoms with Gasteiger partial charge in [-0.1, -0.05) is 36.4 Å². The maximum Gasteiger partial charge on any atom is 0.253 e. The van der Waals surface area contributed by atoms with Crippen molar-refractivity contribution >= 4 is 57.7 Å². The van der Waals surface area contributed by atoms with Gasteiger partial charge in [-0.3, -0.25) is 19.2 Å². The van der Waals surface area contributed by atoms with Gasteiger partial charge < -0.3 is 0 Å². The summed E-state index contributed by atoms with van der Waals surface area (Å²) in [6, 6.07) is 19.7. The number of aryl methyl sites for hydroxylation is 2. The van der Waals surface area contributed by atoms with Gasteiger partial charge in [0.2, 0.25) is 11.8 Å². The number of thiophene rings is 2. The first-order chi connectivity index (χ1) is 20.4. The maximum atomic E-state index is 14.4. The molecule has 0 bridgehead atoms. The molecule has 10 heteroatoms.